The Hall–Kier alpha value is -2.01. The molecule has 0 saturated carbocycles. The van der Waals surface area contributed by atoms with Gasteiger partial charge in [0.15, 0.2) is 0 Å². The molecule has 0 spiro atoms. The monoisotopic (exact) mass is 286 g/mol. The molecule has 0 bridgehead atoms. The Balaban J connectivity index is 1.58. The van der Waals surface area contributed by atoms with Gasteiger partial charge < -0.3 is 10.2 Å². The predicted octanol–water partition coefficient (Wildman–Crippen LogP) is 2.12. The van der Waals surface area contributed by atoms with E-state index in [2.05, 4.69) is 39.6 Å². The van der Waals surface area contributed by atoms with Gasteiger partial charge in [-0.15, -0.1) is 0 Å². The maximum atomic E-state index is 11.1. The van der Waals surface area contributed by atoms with Gasteiger partial charge in [-0.05, 0) is 50.0 Å². The molecule has 0 amide bonds. The first-order valence-electron chi connectivity index (χ1n) is 7.51. The summed E-state index contributed by atoms with van der Waals surface area (Å²) in [5, 5.41) is 8.93. The minimum atomic E-state index is -0.103. The van der Waals surface area contributed by atoms with E-state index < -0.39 is 0 Å². The predicted molar refractivity (Wildman–Crippen MR) is 85.6 cm³/mol. The summed E-state index contributed by atoms with van der Waals surface area (Å²) >= 11 is 0. The molecule has 1 fully saturated rings. The van der Waals surface area contributed by atoms with E-state index in [1.54, 1.807) is 6.07 Å². The molecule has 1 unspecified atom stereocenters. The molecule has 1 aromatic carbocycles. The number of hydrogen-bond donors (Lipinski definition) is 3. The van der Waals surface area contributed by atoms with Gasteiger partial charge in [0.25, 0.3) is 5.56 Å². The van der Waals surface area contributed by atoms with Crippen molar-refractivity contribution in [3.63, 3.8) is 0 Å². The van der Waals surface area contributed by atoms with Crippen molar-refractivity contribution in [3.05, 3.63) is 40.7 Å². The van der Waals surface area contributed by atoms with Crippen LogP contribution in [0.4, 0.5) is 5.69 Å². The molecule has 1 aliphatic heterocycles. The minimum absolute atomic E-state index is 0.103. The van der Waals surface area contributed by atoms with E-state index in [9.17, 15) is 4.79 Å². The van der Waals surface area contributed by atoms with E-state index in [0.29, 0.717) is 0 Å². The van der Waals surface area contributed by atoms with Crippen molar-refractivity contribution >= 4 is 5.69 Å². The van der Waals surface area contributed by atoms with Crippen LogP contribution in [0.15, 0.2) is 35.1 Å². The van der Waals surface area contributed by atoms with Crippen molar-refractivity contribution in [2.75, 3.05) is 32.0 Å². The summed E-state index contributed by atoms with van der Waals surface area (Å²) in [7, 11) is 2.19. The van der Waals surface area contributed by atoms with Crippen molar-refractivity contribution < 1.29 is 0 Å². The van der Waals surface area contributed by atoms with E-state index in [0.717, 1.165) is 29.4 Å². The van der Waals surface area contributed by atoms with Gasteiger partial charge in [0, 0.05) is 24.8 Å². The molecule has 3 N–H and O–H groups in total. The first kappa shape index (κ1) is 13.9. The molecule has 0 radical (unpaired) electrons. The first-order chi connectivity index (χ1) is 10.2. The Kier molecular flexibility index (Phi) is 4.10. The first-order valence-corrected chi connectivity index (χ1v) is 7.51. The molecule has 1 aliphatic rings. The van der Waals surface area contributed by atoms with Gasteiger partial charge in [-0.2, -0.15) is 0 Å². The summed E-state index contributed by atoms with van der Waals surface area (Å²) in [6.45, 7) is 3.42. The van der Waals surface area contributed by atoms with Crippen LogP contribution in [0.2, 0.25) is 0 Å². The van der Waals surface area contributed by atoms with Crippen LogP contribution in [-0.4, -0.2) is 41.8 Å². The lowest BCUT2D eigenvalue weighted by Gasteiger charge is -2.29. The Morgan fingerprint density at radius 3 is 2.76 bits per heavy atom. The maximum Gasteiger partial charge on any atom is 0.264 e. The molecular formula is C16H22N4O. The van der Waals surface area contributed by atoms with Gasteiger partial charge in [0.2, 0.25) is 0 Å². The second-order valence-corrected chi connectivity index (χ2v) is 5.90. The SMILES string of the molecule is CN1CCCC(CNc2ccc(-c3cc(=O)[nH][nH]3)cc2)C1. The Bertz CT molecular complexity index is 628. The number of aromatic amines is 2. The minimum Gasteiger partial charge on any atom is -0.385 e. The van der Waals surface area contributed by atoms with Gasteiger partial charge in [-0.3, -0.25) is 15.0 Å². The summed E-state index contributed by atoms with van der Waals surface area (Å²) in [4.78, 5) is 13.5. The topological polar surface area (TPSA) is 63.9 Å². The van der Waals surface area contributed by atoms with Crippen LogP contribution in [0.25, 0.3) is 11.3 Å². The second kappa shape index (κ2) is 6.18. The van der Waals surface area contributed by atoms with E-state index >= 15 is 0 Å². The van der Waals surface area contributed by atoms with E-state index in [1.165, 1.54) is 25.9 Å². The summed E-state index contributed by atoms with van der Waals surface area (Å²) in [6, 6.07) is 9.74. The van der Waals surface area contributed by atoms with Gasteiger partial charge in [-0.1, -0.05) is 12.1 Å². The molecule has 1 saturated heterocycles. The molecule has 2 heterocycles. The van der Waals surface area contributed by atoms with E-state index in [4.69, 9.17) is 0 Å². The summed E-state index contributed by atoms with van der Waals surface area (Å²) in [6.07, 6.45) is 2.60. The normalized spacial score (nSPS) is 19.6. The largest absolute Gasteiger partial charge is 0.385 e. The lowest BCUT2D eigenvalue weighted by atomic mass is 9.98. The smallest absolute Gasteiger partial charge is 0.264 e. The fraction of sp³-hybridized carbons (Fsp3) is 0.438. The number of nitrogens with one attached hydrogen (secondary N) is 3. The average molecular weight is 286 g/mol. The average Bonchev–Trinajstić information content (AvgIpc) is 2.92. The molecule has 21 heavy (non-hydrogen) atoms. The summed E-state index contributed by atoms with van der Waals surface area (Å²) < 4.78 is 0. The Morgan fingerprint density at radius 2 is 2.10 bits per heavy atom. The molecule has 3 rings (SSSR count). The van der Waals surface area contributed by atoms with Crippen LogP contribution < -0.4 is 10.9 Å². The Labute approximate surface area is 124 Å². The molecule has 5 heteroatoms. The highest BCUT2D eigenvalue weighted by Crippen LogP contribution is 2.20. The van der Waals surface area contributed by atoms with Crippen LogP contribution in [-0.2, 0) is 0 Å². The van der Waals surface area contributed by atoms with Gasteiger partial charge >= 0.3 is 0 Å². The number of H-pyrrole nitrogens is 2. The highest BCUT2D eigenvalue weighted by molar-refractivity contribution is 5.62. The van der Waals surface area contributed by atoms with Crippen LogP contribution in [0.1, 0.15) is 12.8 Å². The third-order valence-corrected chi connectivity index (χ3v) is 4.11. The number of hydrogen-bond acceptors (Lipinski definition) is 3. The molecule has 1 atom stereocenters. The fourth-order valence-corrected chi connectivity index (χ4v) is 2.96. The molecule has 112 valence electrons. The van der Waals surface area contributed by atoms with E-state index in [1.807, 2.05) is 12.1 Å². The number of benzene rings is 1. The van der Waals surface area contributed by atoms with Gasteiger partial charge in [0.05, 0.1) is 5.69 Å². The zero-order chi connectivity index (χ0) is 14.7. The highest BCUT2D eigenvalue weighted by atomic mass is 16.1. The van der Waals surface area contributed by atoms with Crippen LogP contribution >= 0.6 is 0 Å². The standard InChI is InChI=1S/C16H22N4O/c1-20-8-2-3-12(11-20)10-17-14-6-4-13(5-7-14)15-9-16(21)19-18-15/h4-7,9,12,17H,2-3,8,10-11H2,1H3,(H2,18,19,21). The number of aromatic nitrogens is 2. The molecule has 0 aliphatic carbocycles. The summed E-state index contributed by atoms with van der Waals surface area (Å²) in [5.74, 6) is 0.726. The van der Waals surface area contributed by atoms with Crippen molar-refractivity contribution in [2.45, 2.75) is 12.8 Å². The third kappa shape index (κ3) is 3.55. The second-order valence-electron chi connectivity index (χ2n) is 5.90. The number of likely N-dealkylation sites (tertiary alicyclic amines) is 1. The zero-order valence-corrected chi connectivity index (χ0v) is 12.4. The fourth-order valence-electron chi connectivity index (χ4n) is 2.96. The van der Waals surface area contributed by atoms with Crippen LogP contribution in [0.5, 0.6) is 0 Å². The van der Waals surface area contributed by atoms with Crippen LogP contribution in [0.3, 0.4) is 0 Å². The number of piperidine rings is 1. The number of anilines is 1. The number of nitrogens with zero attached hydrogens (tertiary/aromatic N) is 1. The highest BCUT2D eigenvalue weighted by Gasteiger charge is 2.16. The van der Waals surface area contributed by atoms with Crippen molar-refractivity contribution in [1.82, 2.24) is 15.1 Å². The third-order valence-electron chi connectivity index (χ3n) is 4.11. The lowest BCUT2D eigenvalue weighted by molar-refractivity contribution is 0.217. The molecule has 2 aromatic rings. The van der Waals surface area contributed by atoms with Gasteiger partial charge in [-0.25, -0.2) is 0 Å². The van der Waals surface area contributed by atoms with Crippen molar-refractivity contribution in [3.8, 4) is 11.3 Å². The van der Waals surface area contributed by atoms with Crippen molar-refractivity contribution in [1.29, 1.82) is 0 Å². The lowest BCUT2D eigenvalue weighted by Crippen LogP contribution is -2.35. The zero-order valence-electron chi connectivity index (χ0n) is 12.4. The van der Waals surface area contributed by atoms with Crippen LogP contribution in [0, 0.1) is 5.92 Å². The van der Waals surface area contributed by atoms with E-state index in [-0.39, 0.29) is 5.56 Å². The Morgan fingerprint density at radius 1 is 1.29 bits per heavy atom. The quantitative estimate of drug-likeness (QED) is 0.806. The maximum absolute atomic E-state index is 11.1. The molecular weight excluding hydrogens is 264 g/mol. The molecule has 5 nitrogen and oxygen atoms in total. The van der Waals surface area contributed by atoms with Gasteiger partial charge in [0.1, 0.15) is 0 Å². The molecule has 1 aromatic heterocycles. The number of rotatable bonds is 4. The summed E-state index contributed by atoms with van der Waals surface area (Å²) in [5.41, 5.74) is 2.86. The van der Waals surface area contributed by atoms with Crippen molar-refractivity contribution in [2.24, 2.45) is 5.92 Å².